The molecule has 1 aromatic carbocycles. The summed E-state index contributed by atoms with van der Waals surface area (Å²) >= 11 is 0. The van der Waals surface area contributed by atoms with E-state index in [4.69, 9.17) is 4.74 Å². The molecule has 8 heteroatoms. The molecule has 1 aromatic rings. The number of carbonyl (C=O) groups is 2. The van der Waals surface area contributed by atoms with Crippen molar-refractivity contribution < 1.29 is 18.5 Å². The van der Waals surface area contributed by atoms with Crippen LogP contribution in [0.4, 0.5) is 4.79 Å². The average molecular weight is 466 g/mol. The number of nitrogens with zero attached hydrogens (tertiary/aromatic N) is 2. The summed E-state index contributed by atoms with van der Waals surface area (Å²) in [5, 5.41) is 2.62. The maximum Gasteiger partial charge on any atom is 0.408 e. The van der Waals surface area contributed by atoms with Crippen LogP contribution in [0.15, 0.2) is 30.3 Å². The topological polar surface area (TPSA) is 78.9 Å². The van der Waals surface area contributed by atoms with Gasteiger partial charge in [-0.25, -0.2) is 4.79 Å². The van der Waals surface area contributed by atoms with Gasteiger partial charge in [0.15, 0.2) is 0 Å². The van der Waals surface area contributed by atoms with E-state index in [-0.39, 0.29) is 17.1 Å². The molecule has 2 amide bonds. The first kappa shape index (κ1) is 26.3. The van der Waals surface area contributed by atoms with E-state index < -0.39 is 28.5 Å². The molecule has 1 fully saturated rings. The molecule has 180 valence electrons. The van der Waals surface area contributed by atoms with E-state index in [0.29, 0.717) is 13.1 Å². The first-order chi connectivity index (χ1) is 14.9. The van der Waals surface area contributed by atoms with Crippen LogP contribution in [0.3, 0.4) is 0 Å². The molecular weight excluding hydrogens is 426 g/mol. The largest absolute Gasteiger partial charge is 0.444 e. The van der Waals surface area contributed by atoms with Gasteiger partial charge in [0.05, 0.1) is 5.75 Å². The first-order valence-corrected chi connectivity index (χ1v) is 13.0. The number of rotatable bonds is 8. The van der Waals surface area contributed by atoms with Gasteiger partial charge in [-0.3, -0.25) is 13.9 Å². The molecule has 0 aliphatic carbocycles. The van der Waals surface area contributed by atoms with Crippen molar-refractivity contribution in [1.29, 1.82) is 0 Å². The molecule has 1 N–H and O–H groups in total. The average Bonchev–Trinajstić information content (AvgIpc) is 2.70. The van der Waals surface area contributed by atoms with E-state index >= 15 is 0 Å². The van der Waals surface area contributed by atoms with Crippen molar-refractivity contribution in [3.05, 3.63) is 35.9 Å². The van der Waals surface area contributed by atoms with E-state index in [1.807, 2.05) is 6.07 Å². The Morgan fingerprint density at radius 3 is 2.19 bits per heavy atom. The Hall–Kier alpha value is -1.93. The third kappa shape index (κ3) is 8.54. The van der Waals surface area contributed by atoms with Crippen LogP contribution in [0.2, 0.25) is 0 Å². The number of hydrogen-bond donors (Lipinski definition) is 1. The van der Waals surface area contributed by atoms with E-state index in [1.165, 1.54) is 11.8 Å². The van der Waals surface area contributed by atoms with Crippen LogP contribution in [0.1, 0.15) is 46.6 Å². The summed E-state index contributed by atoms with van der Waals surface area (Å²) in [5.41, 5.74) is 0.752. The molecule has 1 aliphatic rings. The molecule has 0 unspecified atom stereocenters. The van der Waals surface area contributed by atoms with Gasteiger partial charge in [0.1, 0.15) is 11.6 Å². The third-order valence-electron chi connectivity index (χ3n) is 5.68. The van der Waals surface area contributed by atoms with Gasteiger partial charge in [0.25, 0.3) is 0 Å². The lowest BCUT2D eigenvalue weighted by Crippen LogP contribution is -2.57. The summed E-state index contributed by atoms with van der Waals surface area (Å²) in [5.74, 6) is -0.126. The van der Waals surface area contributed by atoms with Gasteiger partial charge in [-0.05, 0) is 44.7 Å². The Balaban J connectivity index is 1.88. The second kappa shape index (κ2) is 11.3. The van der Waals surface area contributed by atoms with E-state index in [1.54, 1.807) is 25.7 Å². The zero-order valence-corrected chi connectivity index (χ0v) is 21.2. The summed E-state index contributed by atoms with van der Waals surface area (Å²) < 4.78 is 17.1. The number of piperazine rings is 1. The van der Waals surface area contributed by atoms with Gasteiger partial charge < -0.3 is 15.0 Å². The normalized spacial score (nSPS) is 17.5. The number of alkyl carbamates (subject to hydrolysis) is 1. The van der Waals surface area contributed by atoms with Crippen LogP contribution in [0.25, 0.3) is 0 Å². The zero-order valence-electron chi connectivity index (χ0n) is 20.3. The third-order valence-corrected chi connectivity index (χ3v) is 6.49. The number of ether oxygens (including phenoxy) is 1. The molecule has 32 heavy (non-hydrogen) atoms. The van der Waals surface area contributed by atoms with Crippen LogP contribution in [-0.2, 0) is 25.7 Å². The molecule has 7 nitrogen and oxygen atoms in total. The molecule has 2 rings (SSSR count). The van der Waals surface area contributed by atoms with E-state index in [9.17, 15) is 13.8 Å². The predicted molar refractivity (Wildman–Crippen MR) is 129 cm³/mol. The van der Waals surface area contributed by atoms with Gasteiger partial charge in [-0.15, -0.1) is 0 Å². The number of amides is 2. The fourth-order valence-electron chi connectivity index (χ4n) is 3.74. The maximum atomic E-state index is 13.0. The summed E-state index contributed by atoms with van der Waals surface area (Å²) in [4.78, 5) is 29.4. The number of benzene rings is 1. The van der Waals surface area contributed by atoms with E-state index in [2.05, 4.69) is 48.3 Å². The Morgan fingerprint density at radius 1 is 1.06 bits per heavy atom. The molecule has 0 spiro atoms. The number of carbonyl (C=O) groups excluding carboxylic acids is 2. The second-order valence-electron chi connectivity index (χ2n) is 10.1. The molecule has 0 aromatic heterocycles. The zero-order chi connectivity index (χ0) is 23.9. The standard InChI is InChI=1S/C24H39N3O4S/c1-23(2,3)31-22(29)25-20(18-32(6)30)21(28)27-16-14-26(15-17-27)13-12-24(4,5)19-10-8-7-9-11-19/h7-11,20H,12-18H2,1-6H3,(H,25,29)/t20-,32+/m0/s1. The number of nitrogens with one attached hydrogen (secondary N) is 1. The minimum atomic E-state index is -1.23. The highest BCUT2D eigenvalue weighted by Crippen LogP contribution is 2.27. The summed E-state index contributed by atoms with van der Waals surface area (Å²) in [7, 11) is -1.23. The molecule has 0 saturated carbocycles. The lowest BCUT2D eigenvalue weighted by molar-refractivity contribution is -0.134. The first-order valence-electron chi connectivity index (χ1n) is 11.2. The van der Waals surface area contributed by atoms with Crippen molar-refractivity contribution in [1.82, 2.24) is 15.1 Å². The SMILES string of the molecule is C[S@@](=O)C[C@H](NC(=O)OC(C)(C)C)C(=O)N1CCN(CCC(C)(C)c2ccccc2)CC1. The molecule has 2 atom stereocenters. The molecule has 1 aliphatic heterocycles. The Labute approximate surface area is 195 Å². The lowest BCUT2D eigenvalue weighted by Gasteiger charge is -2.38. The quantitative estimate of drug-likeness (QED) is 0.639. The molecule has 1 saturated heterocycles. The van der Waals surface area contributed by atoms with Crippen molar-refractivity contribution in [2.45, 2.75) is 58.1 Å². The Bertz CT molecular complexity index is 784. The Morgan fingerprint density at radius 2 is 1.66 bits per heavy atom. The van der Waals surface area contributed by atoms with Crippen LogP contribution < -0.4 is 5.32 Å². The monoisotopic (exact) mass is 465 g/mol. The van der Waals surface area contributed by atoms with Crippen molar-refractivity contribution in [3.8, 4) is 0 Å². The minimum Gasteiger partial charge on any atom is -0.444 e. The van der Waals surface area contributed by atoms with Gasteiger partial charge in [0, 0.05) is 43.2 Å². The lowest BCUT2D eigenvalue weighted by atomic mass is 9.81. The molecular formula is C24H39N3O4S. The van der Waals surface area contributed by atoms with Crippen molar-refractivity contribution in [2.24, 2.45) is 0 Å². The maximum absolute atomic E-state index is 13.0. The smallest absolute Gasteiger partial charge is 0.408 e. The second-order valence-corrected chi connectivity index (χ2v) is 11.6. The van der Waals surface area contributed by atoms with Crippen LogP contribution in [0, 0.1) is 0 Å². The highest BCUT2D eigenvalue weighted by molar-refractivity contribution is 7.84. The highest BCUT2D eigenvalue weighted by Gasteiger charge is 2.31. The van der Waals surface area contributed by atoms with Gasteiger partial charge >= 0.3 is 6.09 Å². The predicted octanol–water partition coefficient (Wildman–Crippen LogP) is 2.77. The van der Waals surface area contributed by atoms with Crippen LogP contribution in [-0.4, -0.2) is 82.4 Å². The van der Waals surface area contributed by atoms with Crippen molar-refractivity contribution in [3.63, 3.8) is 0 Å². The minimum absolute atomic E-state index is 0.0730. The highest BCUT2D eigenvalue weighted by atomic mass is 32.2. The molecule has 0 bridgehead atoms. The summed E-state index contributed by atoms with van der Waals surface area (Å²) in [6.07, 6.45) is 1.90. The van der Waals surface area contributed by atoms with Gasteiger partial charge in [-0.2, -0.15) is 0 Å². The summed E-state index contributed by atoms with van der Waals surface area (Å²) in [6, 6.07) is 9.69. The van der Waals surface area contributed by atoms with E-state index in [0.717, 1.165) is 26.1 Å². The number of hydrogen-bond acceptors (Lipinski definition) is 5. The molecule has 1 heterocycles. The summed E-state index contributed by atoms with van der Waals surface area (Å²) in [6.45, 7) is 13.5. The molecule has 0 radical (unpaired) electrons. The fourth-order valence-corrected chi connectivity index (χ4v) is 4.44. The van der Waals surface area contributed by atoms with Crippen LogP contribution in [0.5, 0.6) is 0 Å². The van der Waals surface area contributed by atoms with Crippen LogP contribution >= 0.6 is 0 Å². The van der Waals surface area contributed by atoms with Crippen molar-refractivity contribution >= 4 is 22.8 Å². The van der Waals surface area contributed by atoms with Gasteiger partial charge in [0.2, 0.25) is 5.91 Å². The Kier molecular flexibility index (Phi) is 9.28. The van der Waals surface area contributed by atoms with Gasteiger partial charge in [-0.1, -0.05) is 44.2 Å². The van der Waals surface area contributed by atoms with Crippen molar-refractivity contribution in [2.75, 3.05) is 44.7 Å². The fraction of sp³-hybridized carbons (Fsp3) is 0.667.